The number of aromatic carboxylic acids is 1. The topological polar surface area (TPSA) is 74.6 Å². The van der Waals surface area contributed by atoms with Crippen LogP contribution in [0.5, 0.6) is 0 Å². The fourth-order valence-corrected chi connectivity index (χ4v) is 1.90. The van der Waals surface area contributed by atoms with Crippen LogP contribution in [0.2, 0.25) is 0 Å². The molecule has 0 heterocycles. The predicted molar refractivity (Wildman–Crippen MR) is 61.1 cm³/mol. The quantitative estimate of drug-likeness (QED) is 0.771. The molecule has 0 unspecified atom stereocenters. The highest BCUT2D eigenvalue weighted by Gasteiger charge is 2.10. The van der Waals surface area contributed by atoms with E-state index in [4.69, 9.17) is 10.2 Å². The minimum Gasteiger partial charge on any atom is -0.481 e. The molecule has 0 aromatic heterocycles. The van der Waals surface area contributed by atoms with Crippen LogP contribution >= 0.6 is 11.8 Å². The van der Waals surface area contributed by atoms with Gasteiger partial charge in [0.15, 0.2) is 0 Å². The summed E-state index contributed by atoms with van der Waals surface area (Å²) in [7, 11) is 0. The fourth-order valence-electron chi connectivity index (χ4n) is 1.33. The number of thioether (sulfide) groups is 1. The molecule has 0 saturated carbocycles. The molecule has 1 aromatic rings. The molecule has 0 spiro atoms. The monoisotopic (exact) mass is 240 g/mol. The molecule has 2 N–H and O–H groups in total. The van der Waals surface area contributed by atoms with Crippen molar-refractivity contribution in [1.29, 1.82) is 0 Å². The summed E-state index contributed by atoms with van der Waals surface area (Å²) in [6.45, 7) is 0. The van der Waals surface area contributed by atoms with Gasteiger partial charge in [-0.25, -0.2) is 4.79 Å². The number of hydrogen-bond acceptors (Lipinski definition) is 3. The summed E-state index contributed by atoms with van der Waals surface area (Å²) in [5, 5.41) is 17.5. The third-order valence-corrected chi connectivity index (χ3v) is 2.92. The number of aryl methyl sites for hydroxylation is 1. The number of rotatable bonds is 5. The molecule has 0 amide bonds. The Balaban J connectivity index is 2.93. The van der Waals surface area contributed by atoms with E-state index in [-0.39, 0.29) is 12.0 Å². The SMILES string of the molecule is CSc1ccc(CCC(=O)O)cc1C(=O)O. The van der Waals surface area contributed by atoms with Crippen LogP contribution in [0.3, 0.4) is 0 Å². The Morgan fingerprint density at radius 3 is 2.50 bits per heavy atom. The molecule has 0 fully saturated rings. The normalized spacial score (nSPS) is 10.1. The van der Waals surface area contributed by atoms with E-state index >= 15 is 0 Å². The summed E-state index contributed by atoms with van der Waals surface area (Å²) in [4.78, 5) is 22.0. The molecule has 5 heteroatoms. The summed E-state index contributed by atoms with van der Waals surface area (Å²) < 4.78 is 0. The van der Waals surface area contributed by atoms with Crippen LogP contribution in [-0.2, 0) is 11.2 Å². The first kappa shape index (κ1) is 12.6. The van der Waals surface area contributed by atoms with Crippen molar-refractivity contribution in [2.24, 2.45) is 0 Å². The van der Waals surface area contributed by atoms with Crippen LogP contribution in [0.15, 0.2) is 23.1 Å². The molecule has 1 aromatic carbocycles. The van der Waals surface area contributed by atoms with Gasteiger partial charge in [-0.2, -0.15) is 0 Å². The van der Waals surface area contributed by atoms with Gasteiger partial charge in [-0.1, -0.05) is 6.07 Å². The van der Waals surface area contributed by atoms with Gasteiger partial charge in [-0.15, -0.1) is 11.8 Å². The second kappa shape index (κ2) is 5.55. The van der Waals surface area contributed by atoms with Gasteiger partial charge in [-0.05, 0) is 30.4 Å². The second-order valence-electron chi connectivity index (χ2n) is 3.23. The van der Waals surface area contributed by atoms with Gasteiger partial charge in [-0.3, -0.25) is 4.79 Å². The lowest BCUT2D eigenvalue weighted by Crippen LogP contribution is -2.02. The third kappa shape index (κ3) is 3.27. The van der Waals surface area contributed by atoms with Crippen LogP contribution in [-0.4, -0.2) is 28.4 Å². The maximum Gasteiger partial charge on any atom is 0.336 e. The number of aliphatic carboxylic acids is 1. The van der Waals surface area contributed by atoms with E-state index in [1.807, 2.05) is 0 Å². The minimum atomic E-state index is -0.985. The molecule has 4 nitrogen and oxygen atoms in total. The summed E-state index contributed by atoms with van der Waals surface area (Å²) >= 11 is 1.36. The molecule has 86 valence electrons. The molecular weight excluding hydrogens is 228 g/mol. The van der Waals surface area contributed by atoms with Crippen LogP contribution in [0, 0.1) is 0 Å². The fraction of sp³-hybridized carbons (Fsp3) is 0.273. The zero-order valence-corrected chi connectivity index (χ0v) is 9.58. The highest BCUT2D eigenvalue weighted by molar-refractivity contribution is 7.98. The van der Waals surface area contributed by atoms with E-state index in [0.717, 1.165) is 5.56 Å². The molecule has 0 bridgehead atoms. The highest BCUT2D eigenvalue weighted by Crippen LogP contribution is 2.22. The highest BCUT2D eigenvalue weighted by atomic mass is 32.2. The van der Waals surface area contributed by atoms with Crippen LogP contribution in [0.1, 0.15) is 22.3 Å². The smallest absolute Gasteiger partial charge is 0.336 e. The number of carbonyl (C=O) groups is 2. The maximum absolute atomic E-state index is 10.9. The zero-order valence-electron chi connectivity index (χ0n) is 8.77. The number of carboxylic acids is 2. The number of benzene rings is 1. The number of hydrogen-bond donors (Lipinski definition) is 2. The average Bonchev–Trinajstić information content (AvgIpc) is 2.25. The summed E-state index contributed by atoms with van der Waals surface area (Å²) in [6.07, 6.45) is 2.17. The van der Waals surface area contributed by atoms with Crippen molar-refractivity contribution in [2.45, 2.75) is 17.7 Å². The Morgan fingerprint density at radius 1 is 1.31 bits per heavy atom. The molecular formula is C11H12O4S. The largest absolute Gasteiger partial charge is 0.481 e. The standard InChI is InChI=1S/C11H12O4S/c1-16-9-4-2-7(3-5-10(12)13)6-8(9)11(14)15/h2,4,6H,3,5H2,1H3,(H,12,13)(H,14,15). The van der Waals surface area contributed by atoms with Crippen LogP contribution in [0.4, 0.5) is 0 Å². The molecule has 0 saturated heterocycles. The summed E-state index contributed by atoms with van der Waals surface area (Å²) in [5.74, 6) is -1.87. The summed E-state index contributed by atoms with van der Waals surface area (Å²) in [5.41, 5.74) is 0.966. The Bertz CT molecular complexity index is 414. The van der Waals surface area contributed by atoms with Crippen LogP contribution < -0.4 is 0 Å². The van der Waals surface area contributed by atoms with Crippen molar-refractivity contribution in [3.05, 3.63) is 29.3 Å². The molecule has 0 radical (unpaired) electrons. The van der Waals surface area contributed by atoms with E-state index in [1.54, 1.807) is 18.4 Å². The second-order valence-corrected chi connectivity index (χ2v) is 4.08. The summed E-state index contributed by atoms with van der Waals surface area (Å²) in [6, 6.07) is 5.02. The van der Waals surface area contributed by atoms with E-state index in [9.17, 15) is 9.59 Å². The van der Waals surface area contributed by atoms with Gasteiger partial charge in [0.05, 0.1) is 5.56 Å². The van der Waals surface area contributed by atoms with Crippen molar-refractivity contribution in [1.82, 2.24) is 0 Å². The molecule has 0 aliphatic carbocycles. The maximum atomic E-state index is 10.9. The van der Waals surface area contributed by atoms with E-state index in [2.05, 4.69) is 0 Å². The number of carboxylic acid groups (broad SMARTS) is 2. The van der Waals surface area contributed by atoms with E-state index < -0.39 is 11.9 Å². The van der Waals surface area contributed by atoms with Crippen molar-refractivity contribution < 1.29 is 19.8 Å². The first-order valence-corrected chi connectivity index (χ1v) is 5.89. The van der Waals surface area contributed by atoms with Gasteiger partial charge < -0.3 is 10.2 Å². The zero-order chi connectivity index (χ0) is 12.1. The lowest BCUT2D eigenvalue weighted by Gasteiger charge is -2.05. The van der Waals surface area contributed by atoms with Gasteiger partial charge in [0.25, 0.3) is 0 Å². The Morgan fingerprint density at radius 2 is 2.00 bits per heavy atom. The van der Waals surface area contributed by atoms with E-state index in [0.29, 0.717) is 11.3 Å². The van der Waals surface area contributed by atoms with Gasteiger partial charge in [0, 0.05) is 11.3 Å². The molecule has 0 aliphatic heterocycles. The lowest BCUT2D eigenvalue weighted by molar-refractivity contribution is -0.136. The molecule has 0 atom stereocenters. The third-order valence-electron chi connectivity index (χ3n) is 2.12. The Kier molecular flexibility index (Phi) is 4.37. The lowest BCUT2D eigenvalue weighted by atomic mass is 10.1. The molecule has 1 rings (SSSR count). The average molecular weight is 240 g/mol. The minimum absolute atomic E-state index is 0.0116. The first-order chi connectivity index (χ1) is 7.54. The Hall–Kier alpha value is -1.49. The van der Waals surface area contributed by atoms with Crippen molar-refractivity contribution in [2.75, 3.05) is 6.26 Å². The van der Waals surface area contributed by atoms with Gasteiger partial charge >= 0.3 is 11.9 Å². The molecule has 16 heavy (non-hydrogen) atoms. The van der Waals surface area contributed by atoms with E-state index in [1.165, 1.54) is 17.8 Å². The van der Waals surface area contributed by atoms with Crippen LogP contribution in [0.25, 0.3) is 0 Å². The van der Waals surface area contributed by atoms with Crippen molar-refractivity contribution in [3.63, 3.8) is 0 Å². The van der Waals surface area contributed by atoms with Crippen molar-refractivity contribution in [3.8, 4) is 0 Å². The predicted octanol–water partition coefficient (Wildman–Crippen LogP) is 2.12. The first-order valence-electron chi connectivity index (χ1n) is 4.66. The Labute approximate surface area is 97.3 Å². The molecule has 0 aliphatic rings. The van der Waals surface area contributed by atoms with Crippen molar-refractivity contribution >= 4 is 23.7 Å². The van der Waals surface area contributed by atoms with Gasteiger partial charge in [0.1, 0.15) is 0 Å². The van der Waals surface area contributed by atoms with Gasteiger partial charge in [0.2, 0.25) is 0 Å².